The number of hydrogen-bond donors (Lipinski definition) is 0. The molecule has 22 heavy (non-hydrogen) atoms. The Morgan fingerprint density at radius 2 is 1.91 bits per heavy atom. The Kier molecular flexibility index (Phi) is 4.48. The predicted octanol–water partition coefficient (Wildman–Crippen LogP) is 2.73. The van der Waals surface area contributed by atoms with Crippen LogP contribution in [0.15, 0.2) is 23.8 Å². The summed E-state index contributed by atoms with van der Waals surface area (Å²) >= 11 is 0. The van der Waals surface area contributed by atoms with Crippen LogP contribution in [0.3, 0.4) is 0 Å². The van der Waals surface area contributed by atoms with Gasteiger partial charge in [0.1, 0.15) is 5.82 Å². The van der Waals surface area contributed by atoms with Crippen LogP contribution in [0.5, 0.6) is 0 Å². The molecule has 0 aromatic heterocycles. The summed E-state index contributed by atoms with van der Waals surface area (Å²) in [6, 6.07) is -0.331. The van der Waals surface area contributed by atoms with Crippen molar-refractivity contribution in [2.45, 2.75) is 24.8 Å². The first-order chi connectivity index (χ1) is 10.3. The standard InChI is InChI=1S/C14H12F3NO4/c1-22-14(19)7-2-3-8(13(4-7)18(20)21)9-5-11(16)12(17)6-10(9)15/h2,5-6,8,13H,3-4H2,1H3. The van der Waals surface area contributed by atoms with E-state index in [0.717, 1.165) is 7.11 Å². The molecule has 0 radical (unpaired) electrons. The fourth-order valence-corrected chi connectivity index (χ4v) is 2.55. The lowest BCUT2D eigenvalue weighted by Crippen LogP contribution is -2.32. The Hall–Kier alpha value is -2.38. The zero-order chi connectivity index (χ0) is 16.4. The Morgan fingerprint density at radius 1 is 1.27 bits per heavy atom. The van der Waals surface area contributed by atoms with Crippen molar-refractivity contribution in [3.63, 3.8) is 0 Å². The smallest absolute Gasteiger partial charge is 0.333 e. The highest BCUT2D eigenvalue weighted by Gasteiger charge is 2.39. The van der Waals surface area contributed by atoms with E-state index >= 15 is 0 Å². The number of carbonyl (C=O) groups is 1. The fraction of sp³-hybridized carbons (Fsp3) is 0.357. The SMILES string of the molecule is COC(=O)C1=CCC(c2cc(F)c(F)cc2F)C([N+](=O)[O-])C1. The van der Waals surface area contributed by atoms with Gasteiger partial charge < -0.3 is 4.74 Å². The zero-order valence-electron chi connectivity index (χ0n) is 11.5. The summed E-state index contributed by atoms with van der Waals surface area (Å²) in [4.78, 5) is 22.0. The monoisotopic (exact) mass is 315 g/mol. The summed E-state index contributed by atoms with van der Waals surface area (Å²) in [5.74, 6) is -5.37. The third-order valence-corrected chi connectivity index (χ3v) is 3.67. The van der Waals surface area contributed by atoms with Crippen LogP contribution >= 0.6 is 0 Å². The van der Waals surface area contributed by atoms with Crippen LogP contribution in [0.2, 0.25) is 0 Å². The molecule has 0 fully saturated rings. The van der Waals surface area contributed by atoms with E-state index in [0.29, 0.717) is 12.1 Å². The number of halogens is 3. The molecule has 0 bridgehead atoms. The highest BCUT2D eigenvalue weighted by Crippen LogP contribution is 2.36. The van der Waals surface area contributed by atoms with E-state index in [2.05, 4.69) is 4.74 Å². The maximum atomic E-state index is 13.8. The van der Waals surface area contributed by atoms with Gasteiger partial charge in [0.05, 0.1) is 13.0 Å². The number of allylic oxidation sites excluding steroid dienone is 1. The first-order valence-electron chi connectivity index (χ1n) is 6.40. The molecule has 8 heteroatoms. The molecule has 2 unspecified atom stereocenters. The van der Waals surface area contributed by atoms with E-state index < -0.39 is 40.3 Å². The summed E-state index contributed by atoms with van der Waals surface area (Å²) < 4.78 is 44.6. The Labute approximate surface area is 123 Å². The van der Waals surface area contributed by atoms with Crippen LogP contribution < -0.4 is 0 Å². The van der Waals surface area contributed by atoms with E-state index in [-0.39, 0.29) is 24.0 Å². The van der Waals surface area contributed by atoms with Crippen LogP contribution in [0.4, 0.5) is 13.2 Å². The minimum Gasteiger partial charge on any atom is -0.466 e. The van der Waals surface area contributed by atoms with Crippen molar-refractivity contribution in [3.05, 3.63) is 56.9 Å². The van der Waals surface area contributed by atoms with Crippen LogP contribution in [0.1, 0.15) is 24.3 Å². The van der Waals surface area contributed by atoms with Crippen molar-refractivity contribution >= 4 is 5.97 Å². The molecule has 0 amide bonds. The molecule has 118 valence electrons. The molecule has 1 aromatic carbocycles. The molecule has 1 aliphatic carbocycles. The van der Waals surface area contributed by atoms with Gasteiger partial charge in [-0.05, 0) is 12.5 Å². The molecule has 0 saturated heterocycles. The molecule has 1 aromatic rings. The topological polar surface area (TPSA) is 69.4 Å². The summed E-state index contributed by atoms with van der Waals surface area (Å²) in [6.07, 6.45) is 1.10. The van der Waals surface area contributed by atoms with Gasteiger partial charge in [-0.2, -0.15) is 0 Å². The second-order valence-electron chi connectivity index (χ2n) is 4.91. The minimum absolute atomic E-state index is 0.0436. The normalized spacial score (nSPS) is 21.2. The van der Waals surface area contributed by atoms with E-state index in [1.54, 1.807) is 0 Å². The number of hydrogen-bond acceptors (Lipinski definition) is 4. The number of esters is 1. The van der Waals surface area contributed by atoms with Gasteiger partial charge in [-0.1, -0.05) is 6.08 Å². The lowest BCUT2D eigenvalue weighted by molar-refractivity contribution is -0.526. The number of carbonyl (C=O) groups excluding carboxylic acids is 1. The van der Waals surface area contributed by atoms with Gasteiger partial charge in [0.25, 0.3) is 0 Å². The number of benzene rings is 1. The molecule has 0 aliphatic heterocycles. The molecule has 5 nitrogen and oxygen atoms in total. The highest BCUT2D eigenvalue weighted by atomic mass is 19.2. The molecule has 2 atom stereocenters. The zero-order valence-corrected chi connectivity index (χ0v) is 11.5. The van der Waals surface area contributed by atoms with Crippen molar-refractivity contribution in [1.29, 1.82) is 0 Å². The average molecular weight is 315 g/mol. The van der Waals surface area contributed by atoms with E-state index in [4.69, 9.17) is 0 Å². The Bertz CT molecular complexity index is 660. The first-order valence-corrected chi connectivity index (χ1v) is 6.40. The van der Waals surface area contributed by atoms with Crippen molar-refractivity contribution in [1.82, 2.24) is 0 Å². The third kappa shape index (κ3) is 2.95. The molecule has 0 heterocycles. The molecule has 0 N–H and O–H groups in total. The highest BCUT2D eigenvalue weighted by molar-refractivity contribution is 5.88. The van der Waals surface area contributed by atoms with Gasteiger partial charge in [-0.15, -0.1) is 0 Å². The lowest BCUT2D eigenvalue weighted by atomic mass is 9.80. The minimum atomic E-state index is -1.36. The quantitative estimate of drug-likeness (QED) is 0.372. The van der Waals surface area contributed by atoms with Gasteiger partial charge in [0.15, 0.2) is 11.6 Å². The molecular weight excluding hydrogens is 303 g/mol. The van der Waals surface area contributed by atoms with Gasteiger partial charge >= 0.3 is 5.97 Å². The van der Waals surface area contributed by atoms with Crippen molar-refractivity contribution in [2.75, 3.05) is 7.11 Å². The van der Waals surface area contributed by atoms with Crippen molar-refractivity contribution in [3.8, 4) is 0 Å². The van der Waals surface area contributed by atoms with E-state index in [1.165, 1.54) is 6.08 Å². The van der Waals surface area contributed by atoms with Crippen molar-refractivity contribution in [2.24, 2.45) is 0 Å². The molecule has 0 spiro atoms. The van der Waals surface area contributed by atoms with E-state index in [1.807, 2.05) is 0 Å². The van der Waals surface area contributed by atoms with Gasteiger partial charge in [0, 0.05) is 28.5 Å². The number of rotatable bonds is 3. The number of nitro groups is 1. The number of ether oxygens (including phenoxy) is 1. The largest absolute Gasteiger partial charge is 0.466 e. The second kappa shape index (κ2) is 6.17. The fourth-order valence-electron chi connectivity index (χ4n) is 2.55. The van der Waals surface area contributed by atoms with Gasteiger partial charge in [-0.3, -0.25) is 10.1 Å². The maximum absolute atomic E-state index is 13.8. The average Bonchev–Trinajstić information content (AvgIpc) is 2.49. The molecule has 0 saturated carbocycles. The number of methoxy groups -OCH3 is 1. The van der Waals surface area contributed by atoms with Crippen LogP contribution in [0, 0.1) is 27.6 Å². The summed E-state index contributed by atoms with van der Waals surface area (Å²) in [6.45, 7) is 0. The van der Waals surface area contributed by atoms with Gasteiger partial charge in [0.2, 0.25) is 6.04 Å². The van der Waals surface area contributed by atoms with Gasteiger partial charge in [-0.25, -0.2) is 18.0 Å². The Morgan fingerprint density at radius 3 is 2.50 bits per heavy atom. The maximum Gasteiger partial charge on any atom is 0.333 e. The second-order valence-corrected chi connectivity index (χ2v) is 4.91. The van der Waals surface area contributed by atoms with Crippen LogP contribution in [0.25, 0.3) is 0 Å². The van der Waals surface area contributed by atoms with Crippen molar-refractivity contribution < 1.29 is 27.6 Å². The van der Waals surface area contributed by atoms with Crippen LogP contribution in [-0.4, -0.2) is 24.0 Å². The molecular formula is C14H12F3NO4. The summed E-state index contributed by atoms with van der Waals surface area (Å²) in [7, 11) is 1.14. The van der Waals surface area contributed by atoms with E-state index in [9.17, 15) is 28.1 Å². The summed E-state index contributed by atoms with van der Waals surface area (Å²) in [5.41, 5.74) is -0.163. The molecule has 2 rings (SSSR count). The first kappa shape index (κ1) is 16.0. The molecule has 1 aliphatic rings. The summed E-state index contributed by atoms with van der Waals surface area (Å²) in [5, 5.41) is 11.2. The lowest BCUT2D eigenvalue weighted by Gasteiger charge is -2.25. The Balaban J connectivity index is 2.42. The predicted molar refractivity (Wildman–Crippen MR) is 69.2 cm³/mol. The third-order valence-electron chi connectivity index (χ3n) is 3.67. The number of nitrogens with zero attached hydrogens (tertiary/aromatic N) is 1. The van der Waals surface area contributed by atoms with Crippen LogP contribution in [-0.2, 0) is 9.53 Å².